The summed E-state index contributed by atoms with van der Waals surface area (Å²) in [5, 5.41) is 4.77. The van der Waals surface area contributed by atoms with Gasteiger partial charge in [0.1, 0.15) is 6.17 Å². The number of benzene rings is 1. The molecule has 1 spiro atoms. The Labute approximate surface area is 130 Å². The van der Waals surface area contributed by atoms with E-state index in [4.69, 9.17) is 0 Å². The maximum Gasteiger partial charge on any atom is 0.244 e. The molecule has 2 aromatic rings. The van der Waals surface area contributed by atoms with Gasteiger partial charge in [-0.15, -0.1) is 0 Å². The van der Waals surface area contributed by atoms with Crippen LogP contribution in [0.15, 0.2) is 36.5 Å². The molecule has 1 atom stereocenters. The molecule has 1 aromatic heterocycles. The summed E-state index contributed by atoms with van der Waals surface area (Å²) < 4.78 is 0. The molecular formula is C18H21N3O. The molecule has 2 fully saturated rings. The van der Waals surface area contributed by atoms with Crippen molar-refractivity contribution in [3.8, 4) is 0 Å². The predicted octanol–water partition coefficient (Wildman–Crippen LogP) is 3.00. The third-order valence-corrected chi connectivity index (χ3v) is 5.20. The van der Waals surface area contributed by atoms with Gasteiger partial charge in [-0.2, -0.15) is 0 Å². The van der Waals surface area contributed by atoms with Crippen LogP contribution in [0.3, 0.4) is 0 Å². The van der Waals surface area contributed by atoms with Crippen LogP contribution in [0.5, 0.6) is 0 Å². The van der Waals surface area contributed by atoms with E-state index in [0.717, 1.165) is 42.1 Å². The fourth-order valence-electron chi connectivity index (χ4n) is 4.02. The van der Waals surface area contributed by atoms with Crippen molar-refractivity contribution >= 4 is 16.8 Å². The topological polar surface area (TPSA) is 45.2 Å². The predicted molar refractivity (Wildman–Crippen MR) is 86.2 cm³/mol. The fraction of sp³-hybridized carbons (Fsp3) is 0.444. The van der Waals surface area contributed by atoms with E-state index in [1.54, 1.807) is 0 Å². The smallest absolute Gasteiger partial charge is 0.244 e. The SMILES string of the molecule is CN1C(=O)C2(CCCCC2)N[C@@H]1c1cccc2cccnc12. The quantitative estimate of drug-likeness (QED) is 0.879. The Balaban J connectivity index is 1.77. The molecule has 4 rings (SSSR count). The molecule has 4 nitrogen and oxygen atoms in total. The van der Waals surface area contributed by atoms with Gasteiger partial charge in [-0.05, 0) is 18.9 Å². The van der Waals surface area contributed by atoms with E-state index in [1.807, 2.05) is 30.3 Å². The minimum atomic E-state index is -0.353. The molecule has 0 unspecified atom stereocenters. The molecule has 0 radical (unpaired) electrons. The zero-order chi connectivity index (χ0) is 15.2. The summed E-state index contributed by atoms with van der Waals surface area (Å²) in [7, 11) is 1.91. The van der Waals surface area contributed by atoms with Gasteiger partial charge in [-0.3, -0.25) is 15.1 Å². The molecular weight excluding hydrogens is 274 g/mol. The standard InChI is InChI=1S/C18H21N3O/c1-21-16(20-18(17(21)22)10-3-2-4-11-18)14-9-5-7-13-8-6-12-19-15(13)14/h5-9,12,16,20H,2-4,10-11H2,1H3/t16-/m0/s1. The summed E-state index contributed by atoms with van der Waals surface area (Å²) in [5.41, 5.74) is 1.72. The molecule has 4 heteroatoms. The molecule has 1 aromatic carbocycles. The van der Waals surface area contributed by atoms with E-state index in [2.05, 4.69) is 28.5 Å². The van der Waals surface area contributed by atoms with Crippen LogP contribution in [0.1, 0.15) is 43.8 Å². The van der Waals surface area contributed by atoms with Crippen molar-refractivity contribution in [2.75, 3.05) is 7.05 Å². The van der Waals surface area contributed by atoms with Gasteiger partial charge in [-0.1, -0.05) is 43.5 Å². The molecule has 2 heterocycles. The minimum absolute atomic E-state index is 0.0794. The number of carbonyl (C=O) groups is 1. The second-order valence-corrected chi connectivity index (χ2v) is 6.53. The molecule has 1 saturated carbocycles. The summed E-state index contributed by atoms with van der Waals surface area (Å²) in [6.45, 7) is 0. The monoisotopic (exact) mass is 295 g/mol. The highest BCUT2D eigenvalue weighted by Gasteiger charge is 2.50. The number of para-hydroxylation sites is 1. The normalized spacial score (nSPS) is 24.3. The Hall–Kier alpha value is -1.94. The Morgan fingerprint density at radius 1 is 1.18 bits per heavy atom. The zero-order valence-corrected chi connectivity index (χ0v) is 12.9. The number of nitrogens with one attached hydrogen (secondary N) is 1. The maximum absolute atomic E-state index is 12.8. The average Bonchev–Trinajstić information content (AvgIpc) is 2.80. The van der Waals surface area contributed by atoms with Crippen LogP contribution in [0.25, 0.3) is 10.9 Å². The van der Waals surface area contributed by atoms with Gasteiger partial charge in [0.2, 0.25) is 5.91 Å². The number of likely N-dealkylation sites (N-methyl/N-ethyl adjacent to an activating group) is 1. The maximum atomic E-state index is 12.8. The van der Waals surface area contributed by atoms with Crippen molar-refractivity contribution < 1.29 is 4.79 Å². The summed E-state index contributed by atoms with van der Waals surface area (Å²) in [5.74, 6) is 0.241. The summed E-state index contributed by atoms with van der Waals surface area (Å²) in [6.07, 6.45) is 7.14. The zero-order valence-electron chi connectivity index (χ0n) is 12.9. The highest BCUT2D eigenvalue weighted by atomic mass is 16.2. The van der Waals surface area contributed by atoms with Crippen LogP contribution in [0.4, 0.5) is 0 Å². The van der Waals surface area contributed by atoms with E-state index in [9.17, 15) is 4.79 Å². The molecule has 1 saturated heterocycles. The Kier molecular flexibility index (Phi) is 3.15. The first-order chi connectivity index (χ1) is 10.7. The van der Waals surface area contributed by atoms with Gasteiger partial charge in [-0.25, -0.2) is 0 Å². The fourth-order valence-corrected chi connectivity index (χ4v) is 4.02. The number of rotatable bonds is 1. The molecule has 0 bridgehead atoms. The van der Waals surface area contributed by atoms with E-state index in [-0.39, 0.29) is 17.6 Å². The van der Waals surface area contributed by atoms with Crippen molar-refractivity contribution in [2.24, 2.45) is 0 Å². The molecule has 22 heavy (non-hydrogen) atoms. The second kappa shape index (κ2) is 5.06. The molecule has 114 valence electrons. The number of pyridine rings is 1. The lowest BCUT2D eigenvalue weighted by atomic mass is 9.82. The van der Waals surface area contributed by atoms with E-state index in [0.29, 0.717) is 0 Å². The van der Waals surface area contributed by atoms with Crippen molar-refractivity contribution in [1.82, 2.24) is 15.2 Å². The third-order valence-electron chi connectivity index (χ3n) is 5.20. The highest BCUT2D eigenvalue weighted by Crippen LogP contribution is 2.39. The van der Waals surface area contributed by atoms with Crippen molar-refractivity contribution in [1.29, 1.82) is 0 Å². The lowest BCUT2D eigenvalue weighted by Gasteiger charge is -2.31. The lowest BCUT2D eigenvalue weighted by Crippen LogP contribution is -2.48. The van der Waals surface area contributed by atoms with Gasteiger partial charge in [0, 0.05) is 24.2 Å². The Bertz CT molecular complexity index is 716. The molecule has 1 N–H and O–H groups in total. The van der Waals surface area contributed by atoms with Gasteiger partial charge in [0.25, 0.3) is 0 Å². The third kappa shape index (κ3) is 1.94. The summed E-state index contributed by atoms with van der Waals surface area (Å²) in [4.78, 5) is 19.3. The van der Waals surface area contributed by atoms with Crippen LogP contribution in [-0.2, 0) is 4.79 Å². The molecule has 1 aliphatic carbocycles. The molecule has 1 amide bonds. The van der Waals surface area contributed by atoms with Gasteiger partial charge < -0.3 is 4.90 Å². The number of aromatic nitrogens is 1. The van der Waals surface area contributed by atoms with Crippen LogP contribution in [0.2, 0.25) is 0 Å². The minimum Gasteiger partial charge on any atom is -0.324 e. The van der Waals surface area contributed by atoms with Gasteiger partial charge >= 0.3 is 0 Å². The largest absolute Gasteiger partial charge is 0.324 e. The van der Waals surface area contributed by atoms with Crippen LogP contribution in [-0.4, -0.2) is 28.4 Å². The van der Waals surface area contributed by atoms with Crippen LogP contribution >= 0.6 is 0 Å². The van der Waals surface area contributed by atoms with Crippen molar-refractivity contribution in [3.05, 3.63) is 42.1 Å². The number of hydrogen-bond acceptors (Lipinski definition) is 3. The van der Waals surface area contributed by atoms with Crippen LogP contribution < -0.4 is 5.32 Å². The molecule has 1 aliphatic heterocycles. The number of amides is 1. The number of fused-ring (bicyclic) bond motifs is 1. The first-order valence-corrected chi connectivity index (χ1v) is 8.10. The lowest BCUT2D eigenvalue weighted by molar-refractivity contribution is -0.133. The molecule has 2 aliphatic rings. The Morgan fingerprint density at radius 3 is 2.77 bits per heavy atom. The highest BCUT2D eigenvalue weighted by molar-refractivity contribution is 5.90. The first-order valence-electron chi connectivity index (χ1n) is 8.10. The Morgan fingerprint density at radius 2 is 1.95 bits per heavy atom. The van der Waals surface area contributed by atoms with Gasteiger partial charge in [0.15, 0.2) is 0 Å². The van der Waals surface area contributed by atoms with Crippen molar-refractivity contribution in [3.63, 3.8) is 0 Å². The van der Waals surface area contributed by atoms with E-state index in [1.165, 1.54) is 6.42 Å². The van der Waals surface area contributed by atoms with E-state index < -0.39 is 0 Å². The van der Waals surface area contributed by atoms with Crippen molar-refractivity contribution in [2.45, 2.75) is 43.8 Å². The number of hydrogen-bond donors (Lipinski definition) is 1. The average molecular weight is 295 g/mol. The first kappa shape index (κ1) is 13.7. The van der Waals surface area contributed by atoms with E-state index >= 15 is 0 Å². The summed E-state index contributed by atoms with van der Waals surface area (Å²) in [6, 6.07) is 10.2. The van der Waals surface area contributed by atoms with Crippen LogP contribution in [0, 0.1) is 0 Å². The van der Waals surface area contributed by atoms with Gasteiger partial charge in [0.05, 0.1) is 11.1 Å². The number of carbonyl (C=O) groups excluding carboxylic acids is 1. The summed E-state index contributed by atoms with van der Waals surface area (Å²) >= 11 is 0. The second-order valence-electron chi connectivity index (χ2n) is 6.53. The number of nitrogens with zero attached hydrogens (tertiary/aromatic N) is 2.